The zero-order valence-corrected chi connectivity index (χ0v) is 15.1. The fourth-order valence-corrected chi connectivity index (χ4v) is 2.53. The predicted octanol–water partition coefficient (Wildman–Crippen LogP) is 2.21. The number of nitrogens with zero attached hydrogens (tertiary/aromatic N) is 4. The summed E-state index contributed by atoms with van der Waals surface area (Å²) < 4.78 is 16.0. The van der Waals surface area contributed by atoms with Crippen LogP contribution in [0.15, 0.2) is 35.4 Å². The van der Waals surface area contributed by atoms with Gasteiger partial charge in [0.05, 0.1) is 22.9 Å². The van der Waals surface area contributed by atoms with E-state index in [1.807, 2.05) is 26.8 Å². The van der Waals surface area contributed by atoms with E-state index in [4.69, 9.17) is 0 Å². The zero-order chi connectivity index (χ0) is 19.1. The number of halogens is 1. The normalized spacial score (nSPS) is 11.7. The summed E-state index contributed by atoms with van der Waals surface area (Å²) in [6, 6.07) is 5.55. The summed E-state index contributed by atoms with van der Waals surface area (Å²) in [4.78, 5) is 28.8. The number of aromatic nitrogens is 4. The first kappa shape index (κ1) is 17.8. The zero-order valence-electron chi connectivity index (χ0n) is 15.1. The van der Waals surface area contributed by atoms with Crippen molar-refractivity contribution < 1.29 is 9.18 Å². The summed E-state index contributed by atoms with van der Waals surface area (Å²) >= 11 is 0. The smallest absolute Gasteiger partial charge is 0.261 e. The monoisotopic (exact) mass is 357 g/mol. The van der Waals surface area contributed by atoms with Crippen LogP contribution in [-0.4, -0.2) is 25.2 Å². The Kier molecular flexibility index (Phi) is 4.35. The number of hydrogen-bond donors (Lipinski definition) is 1. The minimum atomic E-state index is -0.467. The molecule has 0 saturated heterocycles. The van der Waals surface area contributed by atoms with Crippen LogP contribution in [-0.2, 0) is 23.8 Å². The number of carbonyl (C=O) groups excluding carboxylic acids is 1. The van der Waals surface area contributed by atoms with Crippen LogP contribution in [0.5, 0.6) is 0 Å². The van der Waals surface area contributed by atoms with Gasteiger partial charge in [-0.05, 0) is 12.1 Å². The maximum absolute atomic E-state index is 13.2. The van der Waals surface area contributed by atoms with Gasteiger partial charge in [0.1, 0.15) is 18.2 Å². The number of rotatable bonds is 3. The fourth-order valence-electron chi connectivity index (χ4n) is 2.53. The van der Waals surface area contributed by atoms with Gasteiger partial charge in [0, 0.05) is 24.6 Å². The van der Waals surface area contributed by atoms with Crippen LogP contribution in [0.25, 0.3) is 10.9 Å². The van der Waals surface area contributed by atoms with Crippen molar-refractivity contribution in [2.24, 2.45) is 7.05 Å². The Morgan fingerprint density at radius 2 is 2.00 bits per heavy atom. The molecule has 1 N–H and O–H groups in total. The molecule has 136 valence electrons. The molecular weight excluding hydrogens is 337 g/mol. The van der Waals surface area contributed by atoms with E-state index in [1.165, 1.54) is 29.1 Å². The van der Waals surface area contributed by atoms with E-state index in [2.05, 4.69) is 15.4 Å². The van der Waals surface area contributed by atoms with Gasteiger partial charge in [0.2, 0.25) is 5.91 Å². The van der Waals surface area contributed by atoms with Gasteiger partial charge in [-0.25, -0.2) is 9.37 Å². The Hall–Kier alpha value is -3.03. The number of benzene rings is 1. The molecule has 0 saturated carbocycles. The van der Waals surface area contributed by atoms with Gasteiger partial charge in [0.25, 0.3) is 5.56 Å². The first-order chi connectivity index (χ1) is 12.1. The molecule has 0 aliphatic heterocycles. The highest BCUT2D eigenvalue weighted by Gasteiger charge is 2.20. The van der Waals surface area contributed by atoms with Crippen LogP contribution in [0.3, 0.4) is 0 Å². The minimum Gasteiger partial charge on any atom is -0.309 e. The molecule has 3 rings (SSSR count). The third-order valence-electron chi connectivity index (χ3n) is 4.02. The quantitative estimate of drug-likeness (QED) is 0.779. The second kappa shape index (κ2) is 6.36. The Morgan fingerprint density at radius 1 is 1.27 bits per heavy atom. The van der Waals surface area contributed by atoms with Crippen molar-refractivity contribution in [1.29, 1.82) is 0 Å². The lowest BCUT2D eigenvalue weighted by molar-refractivity contribution is -0.116. The molecule has 1 aromatic carbocycles. The summed E-state index contributed by atoms with van der Waals surface area (Å²) in [5.74, 6) is -0.298. The number of carbonyl (C=O) groups is 1. The number of fused-ring (bicyclic) bond motifs is 1. The van der Waals surface area contributed by atoms with E-state index in [1.54, 1.807) is 11.7 Å². The predicted molar refractivity (Wildman–Crippen MR) is 96.5 cm³/mol. The highest BCUT2D eigenvalue weighted by Crippen LogP contribution is 2.23. The molecule has 3 aromatic rings. The largest absolute Gasteiger partial charge is 0.309 e. The van der Waals surface area contributed by atoms with Gasteiger partial charge in [-0.3, -0.25) is 18.8 Å². The molecule has 7 nitrogen and oxygen atoms in total. The Labute approximate surface area is 149 Å². The SMILES string of the molecule is Cn1nc(C(C)(C)C)cc1NC(=O)Cn1cnc2cc(F)ccc2c1=O. The Balaban J connectivity index is 1.82. The van der Waals surface area contributed by atoms with Crippen molar-refractivity contribution >= 4 is 22.6 Å². The van der Waals surface area contributed by atoms with Crippen LogP contribution in [0, 0.1) is 5.82 Å². The number of nitrogens with one attached hydrogen (secondary N) is 1. The van der Waals surface area contributed by atoms with E-state index in [-0.39, 0.29) is 28.8 Å². The van der Waals surface area contributed by atoms with Crippen LogP contribution in [0.2, 0.25) is 0 Å². The van der Waals surface area contributed by atoms with Gasteiger partial charge in [-0.1, -0.05) is 20.8 Å². The minimum absolute atomic E-state index is 0.144. The molecule has 0 atom stereocenters. The molecule has 0 radical (unpaired) electrons. The average molecular weight is 357 g/mol. The van der Waals surface area contributed by atoms with Crippen LogP contribution in [0.4, 0.5) is 10.2 Å². The molecule has 2 heterocycles. The third-order valence-corrected chi connectivity index (χ3v) is 4.02. The maximum Gasteiger partial charge on any atom is 0.261 e. The number of anilines is 1. The maximum atomic E-state index is 13.2. The van der Waals surface area contributed by atoms with Crippen molar-refractivity contribution in [3.8, 4) is 0 Å². The van der Waals surface area contributed by atoms with E-state index < -0.39 is 11.4 Å². The summed E-state index contributed by atoms with van der Waals surface area (Å²) in [5.41, 5.74) is 0.565. The van der Waals surface area contributed by atoms with E-state index in [9.17, 15) is 14.0 Å². The molecule has 0 aliphatic rings. The molecule has 8 heteroatoms. The number of amides is 1. The molecule has 1 amide bonds. The summed E-state index contributed by atoms with van der Waals surface area (Å²) in [6.07, 6.45) is 1.24. The van der Waals surface area contributed by atoms with Crippen LogP contribution >= 0.6 is 0 Å². The lowest BCUT2D eigenvalue weighted by atomic mass is 9.92. The number of aryl methyl sites for hydroxylation is 1. The standard InChI is InChI=1S/C18H20FN5O2/c1-18(2,3)14-8-15(23(4)22-14)21-16(25)9-24-10-20-13-7-11(19)5-6-12(13)17(24)26/h5-8,10H,9H2,1-4H3,(H,21,25). The van der Waals surface area contributed by atoms with Crippen LogP contribution < -0.4 is 10.9 Å². The molecule has 0 bridgehead atoms. The first-order valence-corrected chi connectivity index (χ1v) is 8.14. The van der Waals surface area contributed by atoms with Gasteiger partial charge in [-0.2, -0.15) is 5.10 Å². The molecule has 2 aromatic heterocycles. The average Bonchev–Trinajstić information content (AvgIpc) is 2.91. The van der Waals surface area contributed by atoms with Gasteiger partial charge in [0.15, 0.2) is 0 Å². The van der Waals surface area contributed by atoms with E-state index in [0.29, 0.717) is 5.82 Å². The second-order valence-corrected chi connectivity index (χ2v) is 7.18. The first-order valence-electron chi connectivity index (χ1n) is 8.14. The molecule has 0 aliphatic carbocycles. The van der Waals surface area contributed by atoms with E-state index in [0.717, 1.165) is 5.69 Å². The Morgan fingerprint density at radius 3 is 2.65 bits per heavy atom. The highest BCUT2D eigenvalue weighted by molar-refractivity contribution is 5.90. The molecule has 0 unspecified atom stereocenters. The van der Waals surface area contributed by atoms with Crippen molar-refractivity contribution in [3.63, 3.8) is 0 Å². The molecular formula is C18H20FN5O2. The van der Waals surface area contributed by atoms with Crippen molar-refractivity contribution in [2.75, 3.05) is 5.32 Å². The van der Waals surface area contributed by atoms with Gasteiger partial charge < -0.3 is 5.32 Å². The second-order valence-electron chi connectivity index (χ2n) is 7.18. The third kappa shape index (κ3) is 3.49. The number of hydrogen-bond acceptors (Lipinski definition) is 4. The lowest BCUT2D eigenvalue weighted by Gasteiger charge is -2.13. The van der Waals surface area contributed by atoms with Crippen LogP contribution in [0.1, 0.15) is 26.5 Å². The molecule has 0 spiro atoms. The lowest BCUT2D eigenvalue weighted by Crippen LogP contribution is -2.28. The van der Waals surface area contributed by atoms with Crippen molar-refractivity contribution in [3.05, 3.63) is 52.5 Å². The summed E-state index contributed by atoms with van der Waals surface area (Å²) in [7, 11) is 1.74. The summed E-state index contributed by atoms with van der Waals surface area (Å²) in [5, 5.41) is 7.41. The Bertz CT molecular complexity index is 1050. The van der Waals surface area contributed by atoms with Crippen molar-refractivity contribution in [1.82, 2.24) is 19.3 Å². The van der Waals surface area contributed by atoms with Gasteiger partial charge in [-0.15, -0.1) is 0 Å². The molecule has 0 fully saturated rings. The highest BCUT2D eigenvalue weighted by atomic mass is 19.1. The van der Waals surface area contributed by atoms with Gasteiger partial charge >= 0.3 is 0 Å². The fraction of sp³-hybridized carbons (Fsp3) is 0.333. The molecule has 26 heavy (non-hydrogen) atoms. The van der Waals surface area contributed by atoms with Crippen molar-refractivity contribution in [2.45, 2.75) is 32.7 Å². The topological polar surface area (TPSA) is 81.8 Å². The van der Waals surface area contributed by atoms with E-state index >= 15 is 0 Å². The summed E-state index contributed by atoms with van der Waals surface area (Å²) in [6.45, 7) is 5.90.